The Balaban J connectivity index is 1.91. The van der Waals surface area contributed by atoms with E-state index in [1.807, 2.05) is 55.5 Å². The predicted molar refractivity (Wildman–Crippen MR) is 98.5 cm³/mol. The van der Waals surface area contributed by atoms with Crippen molar-refractivity contribution in [2.75, 3.05) is 12.4 Å². The van der Waals surface area contributed by atoms with E-state index >= 15 is 0 Å². The van der Waals surface area contributed by atoms with Crippen LogP contribution in [0.15, 0.2) is 54.6 Å². The van der Waals surface area contributed by atoms with Gasteiger partial charge >= 0.3 is 0 Å². The average molecular weight is 333 g/mol. The van der Waals surface area contributed by atoms with E-state index in [2.05, 4.69) is 15.3 Å². The fourth-order valence-corrected chi connectivity index (χ4v) is 2.51. The number of hydrogen-bond acceptors (Lipinski definition) is 5. The summed E-state index contributed by atoms with van der Waals surface area (Å²) in [7, 11) is 1.64. The maximum atomic E-state index is 11.5. The normalized spacial score (nSPS) is 10.4. The van der Waals surface area contributed by atoms with Crippen molar-refractivity contribution in [2.24, 2.45) is 0 Å². The van der Waals surface area contributed by atoms with Gasteiger partial charge in [-0.05, 0) is 50.2 Å². The third-order valence-corrected chi connectivity index (χ3v) is 3.77. The number of hydrogen-bond donors (Lipinski definition) is 1. The lowest BCUT2D eigenvalue weighted by Gasteiger charge is -2.10. The number of anilines is 2. The number of methoxy groups -OCH3 is 1. The fraction of sp³-hybridized carbons (Fsp3) is 0.150. The summed E-state index contributed by atoms with van der Waals surface area (Å²) in [5.41, 5.74) is 3.27. The van der Waals surface area contributed by atoms with Crippen molar-refractivity contribution in [2.45, 2.75) is 13.8 Å². The first-order chi connectivity index (χ1) is 12.0. The SMILES string of the molecule is COc1ccc(-c2cc(Nc3cccc(C(C)=O)c3)nc(C)n2)cc1. The van der Waals surface area contributed by atoms with Gasteiger partial charge in [-0.2, -0.15) is 0 Å². The summed E-state index contributed by atoms with van der Waals surface area (Å²) >= 11 is 0. The summed E-state index contributed by atoms with van der Waals surface area (Å²) < 4.78 is 5.19. The number of nitrogens with zero attached hydrogens (tertiary/aromatic N) is 2. The first kappa shape index (κ1) is 16.6. The van der Waals surface area contributed by atoms with E-state index in [-0.39, 0.29) is 5.78 Å². The minimum Gasteiger partial charge on any atom is -0.497 e. The van der Waals surface area contributed by atoms with Crippen molar-refractivity contribution >= 4 is 17.3 Å². The second kappa shape index (κ2) is 7.13. The highest BCUT2D eigenvalue weighted by molar-refractivity contribution is 5.95. The smallest absolute Gasteiger partial charge is 0.159 e. The molecular weight excluding hydrogens is 314 g/mol. The number of carbonyl (C=O) groups excluding carboxylic acids is 1. The molecule has 0 radical (unpaired) electrons. The van der Waals surface area contributed by atoms with E-state index in [1.54, 1.807) is 20.1 Å². The van der Waals surface area contributed by atoms with Crippen LogP contribution in [0.3, 0.4) is 0 Å². The lowest BCUT2D eigenvalue weighted by Crippen LogP contribution is -2.00. The molecule has 0 atom stereocenters. The van der Waals surface area contributed by atoms with Gasteiger partial charge in [-0.1, -0.05) is 12.1 Å². The Kier molecular flexibility index (Phi) is 4.75. The Hall–Kier alpha value is -3.21. The largest absolute Gasteiger partial charge is 0.497 e. The van der Waals surface area contributed by atoms with Crippen LogP contribution in [-0.4, -0.2) is 22.9 Å². The molecule has 5 heteroatoms. The minimum absolute atomic E-state index is 0.0291. The number of aromatic nitrogens is 2. The number of Topliss-reactive ketones (excluding diaryl/α,β-unsaturated/α-hetero) is 1. The van der Waals surface area contributed by atoms with Gasteiger partial charge in [0.2, 0.25) is 0 Å². The second-order valence-corrected chi connectivity index (χ2v) is 5.68. The summed E-state index contributed by atoms with van der Waals surface area (Å²) in [4.78, 5) is 20.5. The molecule has 126 valence electrons. The standard InChI is InChI=1S/C20H19N3O2/c1-13(24)16-5-4-6-17(11-16)23-20-12-19(21-14(2)22-20)15-7-9-18(25-3)10-8-15/h4-12H,1-3H3,(H,21,22,23). The Labute approximate surface area is 146 Å². The highest BCUT2D eigenvalue weighted by Gasteiger charge is 2.07. The molecule has 0 saturated carbocycles. The minimum atomic E-state index is 0.0291. The van der Waals surface area contributed by atoms with E-state index in [1.165, 1.54) is 0 Å². The molecule has 0 aliphatic heterocycles. The molecule has 0 aliphatic carbocycles. The van der Waals surface area contributed by atoms with Crippen LogP contribution in [0.25, 0.3) is 11.3 Å². The first-order valence-corrected chi connectivity index (χ1v) is 7.93. The molecule has 25 heavy (non-hydrogen) atoms. The van der Waals surface area contributed by atoms with Crippen molar-refractivity contribution in [1.29, 1.82) is 0 Å². The molecule has 2 aromatic carbocycles. The van der Waals surface area contributed by atoms with Crippen LogP contribution in [0.5, 0.6) is 5.75 Å². The summed E-state index contributed by atoms with van der Waals surface area (Å²) in [5, 5.41) is 3.24. The van der Waals surface area contributed by atoms with Crippen LogP contribution in [0.4, 0.5) is 11.5 Å². The Bertz CT molecular complexity index is 905. The number of aryl methyl sites for hydroxylation is 1. The van der Waals surface area contributed by atoms with Crippen molar-refractivity contribution in [3.8, 4) is 17.0 Å². The predicted octanol–water partition coefficient (Wildman–Crippen LogP) is 4.41. The summed E-state index contributed by atoms with van der Waals surface area (Å²) in [5.74, 6) is 2.17. The molecule has 0 aliphatic rings. The number of benzene rings is 2. The fourth-order valence-electron chi connectivity index (χ4n) is 2.51. The quantitative estimate of drug-likeness (QED) is 0.701. The number of ether oxygens (including phenoxy) is 1. The Morgan fingerprint density at radius 3 is 2.48 bits per heavy atom. The van der Waals surface area contributed by atoms with Crippen LogP contribution in [0.1, 0.15) is 23.1 Å². The van der Waals surface area contributed by atoms with Gasteiger partial charge in [0, 0.05) is 22.9 Å². The highest BCUT2D eigenvalue weighted by atomic mass is 16.5. The average Bonchev–Trinajstić information content (AvgIpc) is 2.61. The first-order valence-electron chi connectivity index (χ1n) is 7.93. The Morgan fingerprint density at radius 2 is 1.80 bits per heavy atom. The van der Waals surface area contributed by atoms with Gasteiger partial charge in [0.15, 0.2) is 5.78 Å². The third kappa shape index (κ3) is 4.01. The Morgan fingerprint density at radius 1 is 1.04 bits per heavy atom. The van der Waals surface area contributed by atoms with Crippen molar-refractivity contribution in [3.63, 3.8) is 0 Å². The number of rotatable bonds is 5. The molecule has 1 N–H and O–H groups in total. The van der Waals surface area contributed by atoms with Gasteiger partial charge in [0.05, 0.1) is 12.8 Å². The molecule has 3 aromatic rings. The van der Waals surface area contributed by atoms with E-state index in [0.717, 1.165) is 22.7 Å². The molecule has 3 rings (SSSR count). The number of carbonyl (C=O) groups is 1. The van der Waals surface area contributed by atoms with E-state index in [4.69, 9.17) is 4.74 Å². The molecule has 0 bridgehead atoms. The molecular formula is C20H19N3O2. The van der Waals surface area contributed by atoms with Gasteiger partial charge in [-0.15, -0.1) is 0 Å². The van der Waals surface area contributed by atoms with Crippen LogP contribution in [0.2, 0.25) is 0 Å². The number of ketones is 1. The molecule has 0 spiro atoms. The van der Waals surface area contributed by atoms with Crippen LogP contribution in [-0.2, 0) is 0 Å². The van der Waals surface area contributed by atoms with E-state index in [9.17, 15) is 4.79 Å². The second-order valence-electron chi connectivity index (χ2n) is 5.68. The molecule has 0 amide bonds. The van der Waals surface area contributed by atoms with Crippen LogP contribution < -0.4 is 10.1 Å². The maximum Gasteiger partial charge on any atom is 0.159 e. The van der Waals surface area contributed by atoms with Gasteiger partial charge in [-0.3, -0.25) is 4.79 Å². The van der Waals surface area contributed by atoms with Gasteiger partial charge < -0.3 is 10.1 Å². The maximum absolute atomic E-state index is 11.5. The van der Waals surface area contributed by atoms with Crippen LogP contribution >= 0.6 is 0 Å². The zero-order chi connectivity index (χ0) is 17.8. The van der Waals surface area contributed by atoms with E-state index < -0.39 is 0 Å². The summed E-state index contributed by atoms with van der Waals surface area (Å²) in [6.07, 6.45) is 0. The van der Waals surface area contributed by atoms with Crippen LogP contribution in [0, 0.1) is 6.92 Å². The van der Waals surface area contributed by atoms with Crippen molar-refractivity contribution in [3.05, 3.63) is 66.0 Å². The summed E-state index contributed by atoms with van der Waals surface area (Å²) in [6.45, 7) is 3.40. The van der Waals surface area contributed by atoms with Gasteiger partial charge in [-0.25, -0.2) is 9.97 Å². The van der Waals surface area contributed by atoms with Gasteiger partial charge in [0.1, 0.15) is 17.4 Å². The molecule has 0 unspecified atom stereocenters. The molecule has 5 nitrogen and oxygen atoms in total. The molecule has 1 aromatic heterocycles. The lowest BCUT2D eigenvalue weighted by molar-refractivity contribution is 0.101. The van der Waals surface area contributed by atoms with E-state index in [0.29, 0.717) is 17.2 Å². The molecule has 0 saturated heterocycles. The monoisotopic (exact) mass is 333 g/mol. The summed E-state index contributed by atoms with van der Waals surface area (Å²) in [6, 6.07) is 17.0. The third-order valence-electron chi connectivity index (χ3n) is 3.77. The highest BCUT2D eigenvalue weighted by Crippen LogP contribution is 2.24. The van der Waals surface area contributed by atoms with Crippen molar-refractivity contribution in [1.82, 2.24) is 9.97 Å². The van der Waals surface area contributed by atoms with Gasteiger partial charge in [0.25, 0.3) is 0 Å². The lowest BCUT2D eigenvalue weighted by atomic mass is 10.1. The molecule has 0 fully saturated rings. The van der Waals surface area contributed by atoms with Crippen molar-refractivity contribution < 1.29 is 9.53 Å². The topological polar surface area (TPSA) is 64.1 Å². The number of nitrogens with one attached hydrogen (secondary N) is 1. The zero-order valence-corrected chi connectivity index (χ0v) is 14.4. The zero-order valence-electron chi connectivity index (χ0n) is 14.4. The molecule has 1 heterocycles.